The van der Waals surface area contributed by atoms with Gasteiger partial charge in [-0.05, 0) is 81.1 Å². The van der Waals surface area contributed by atoms with E-state index in [-0.39, 0.29) is 12.0 Å². The van der Waals surface area contributed by atoms with Crippen LogP contribution in [0.25, 0.3) is 0 Å². The van der Waals surface area contributed by atoms with Gasteiger partial charge in [0.1, 0.15) is 6.04 Å². The van der Waals surface area contributed by atoms with Gasteiger partial charge < -0.3 is 15.8 Å². The zero-order valence-electron chi connectivity index (χ0n) is 19.2. The summed E-state index contributed by atoms with van der Waals surface area (Å²) in [5, 5.41) is 3.04. The lowest BCUT2D eigenvalue weighted by Gasteiger charge is -2.58. The summed E-state index contributed by atoms with van der Waals surface area (Å²) in [4.78, 5) is 24.7. The van der Waals surface area contributed by atoms with Gasteiger partial charge in [-0.2, -0.15) is 0 Å². The van der Waals surface area contributed by atoms with Crippen LogP contribution in [0.15, 0.2) is 30.3 Å². The first-order valence-electron chi connectivity index (χ1n) is 12.5. The van der Waals surface area contributed by atoms with Gasteiger partial charge in [0.15, 0.2) is 0 Å². The molecule has 5 fully saturated rings. The predicted octanol–water partition coefficient (Wildman–Crippen LogP) is 4.11. The summed E-state index contributed by atoms with van der Waals surface area (Å²) in [6, 6.07) is 8.91. The number of carbonyl (C=O) groups excluding carboxylic acids is 1. The number of nitrogens with one attached hydrogen (secondary N) is 1. The number of hydrogen-bond donors (Lipinski definition) is 2. The first-order chi connectivity index (χ1) is 15.6. The van der Waals surface area contributed by atoms with E-state index in [1.165, 1.54) is 32.1 Å². The lowest BCUT2D eigenvalue weighted by molar-refractivity contribution is -0.485. The zero-order chi connectivity index (χ0) is 22.1. The molecule has 5 saturated carbocycles. The molecular weight excluding hydrogens is 404 g/mol. The van der Waals surface area contributed by atoms with Crippen LogP contribution < -0.4 is 11.1 Å². The van der Waals surface area contributed by atoms with E-state index in [9.17, 15) is 4.79 Å². The SMILES string of the molecule is COC1(OOC2CCC(CNC(=O)[C@@H](N)c3ccccc3)CC2)C2CC3CC(C2)CC1C3. The Morgan fingerprint density at radius 3 is 2.25 bits per heavy atom. The van der Waals surface area contributed by atoms with Crippen molar-refractivity contribution in [3.05, 3.63) is 35.9 Å². The molecule has 0 spiro atoms. The van der Waals surface area contributed by atoms with Gasteiger partial charge in [-0.15, -0.1) is 0 Å². The number of nitrogens with two attached hydrogens (primary N) is 1. The highest BCUT2D eigenvalue weighted by Gasteiger charge is 2.60. The minimum atomic E-state index is -0.615. The van der Waals surface area contributed by atoms with Crippen LogP contribution in [0, 0.1) is 29.6 Å². The second-order valence-electron chi connectivity index (χ2n) is 10.7. The quantitative estimate of drug-likeness (QED) is 0.360. The Morgan fingerprint density at radius 2 is 1.66 bits per heavy atom. The fraction of sp³-hybridized carbons (Fsp3) is 0.731. The third-order valence-electron chi connectivity index (χ3n) is 8.71. The van der Waals surface area contributed by atoms with E-state index in [1.807, 2.05) is 30.3 Å². The van der Waals surface area contributed by atoms with E-state index in [2.05, 4.69) is 5.32 Å². The summed E-state index contributed by atoms with van der Waals surface area (Å²) < 4.78 is 6.04. The van der Waals surface area contributed by atoms with Gasteiger partial charge in [0, 0.05) is 25.5 Å². The van der Waals surface area contributed by atoms with Crippen molar-refractivity contribution in [2.45, 2.75) is 75.7 Å². The third-order valence-corrected chi connectivity index (χ3v) is 8.71. The second kappa shape index (κ2) is 9.41. The fourth-order valence-electron chi connectivity index (χ4n) is 7.09. The summed E-state index contributed by atoms with van der Waals surface area (Å²) in [5.74, 6) is 2.50. The minimum absolute atomic E-state index is 0.109. The molecule has 6 heteroatoms. The summed E-state index contributed by atoms with van der Waals surface area (Å²) in [7, 11) is 1.80. The Kier molecular flexibility index (Phi) is 6.57. The van der Waals surface area contributed by atoms with Crippen molar-refractivity contribution in [3.8, 4) is 0 Å². The Labute approximate surface area is 191 Å². The van der Waals surface area contributed by atoms with Crippen molar-refractivity contribution >= 4 is 5.91 Å². The van der Waals surface area contributed by atoms with Crippen LogP contribution in [0.4, 0.5) is 0 Å². The first kappa shape index (κ1) is 22.3. The van der Waals surface area contributed by atoms with E-state index >= 15 is 0 Å². The molecule has 5 aliphatic rings. The molecular formula is C26H38N2O4. The molecule has 0 aromatic heterocycles. The second-order valence-corrected chi connectivity index (χ2v) is 10.7. The van der Waals surface area contributed by atoms with Gasteiger partial charge in [0.05, 0.1) is 6.10 Å². The lowest BCUT2D eigenvalue weighted by Crippen LogP contribution is -2.60. The summed E-state index contributed by atoms with van der Waals surface area (Å²) in [5.41, 5.74) is 6.95. The smallest absolute Gasteiger partial charge is 0.241 e. The molecule has 6 nitrogen and oxygen atoms in total. The molecule has 1 atom stereocenters. The highest BCUT2D eigenvalue weighted by Crippen LogP contribution is 2.60. The van der Waals surface area contributed by atoms with Gasteiger partial charge in [-0.3, -0.25) is 4.79 Å². The number of methoxy groups -OCH3 is 1. The maximum atomic E-state index is 12.4. The fourth-order valence-corrected chi connectivity index (χ4v) is 7.09. The van der Waals surface area contributed by atoms with Crippen LogP contribution in [0.1, 0.15) is 69.4 Å². The molecule has 32 heavy (non-hydrogen) atoms. The highest BCUT2D eigenvalue weighted by atomic mass is 17.2. The number of amides is 1. The summed E-state index contributed by atoms with van der Waals surface area (Å²) in [6.07, 6.45) is 10.4. The number of rotatable bonds is 8. The predicted molar refractivity (Wildman–Crippen MR) is 121 cm³/mol. The van der Waals surface area contributed by atoms with Gasteiger partial charge in [-0.1, -0.05) is 30.3 Å². The topological polar surface area (TPSA) is 82.8 Å². The Balaban J connectivity index is 1.06. The average molecular weight is 443 g/mol. The molecule has 0 unspecified atom stereocenters. The van der Waals surface area contributed by atoms with Gasteiger partial charge >= 0.3 is 0 Å². The van der Waals surface area contributed by atoms with Crippen LogP contribution >= 0.6 is 0 Å². The highest BCUT2D eigenvalue weighted by molar-refractivity contribution is 5.82. The molecule has 0 saturated heterocycles. The largest absolute Gasteiger partial charge is 0.354 e. The number of carbonyl (C=O) groups is 1. The molecule has 0 radical (unpaired) electrons. The van der Waals surface area contributed by atoms with Crippen molar-refractivity contribution in [1.29, 1.82) is 0 Å². The van der Waals surface area contributed by atoms with Crippen LogP contribution in [-0.2, 0) is 19.3 Å². The van der Waals surface area contributed by atoms with Crippen molar-refractivity contribution in [2.24, 2.45) is 35.3 Å². The van der Waals surface area contributed by atoms with E-state index in [4.69, 9.17) is 20.2 Å². The minimum Gasteiger partial charge on any atom is -0.354 e. The standard InChI is InChI=1S/C26H38N2O4/c1-30-26(21-12-18-11-19(14-21)15-22(26)13-18)32-31-23-9-7-17(8-10-23)16-28-25(29)24(27)20-5-3-2-4-6-20/h2-6,17-19,21-24H,7-16,27H2,1H3,(H,28,29)/t17?,18?,19?,21?,22?,23?,24-,26?/m0/s1. The third kappa shape index (κ3) is 4.35. The van der Waals surface area contributed by atoms with E-state index in [0.717, 1.165) is 43.1 Å². The summed E-state index contributed by atoms with van der Waals surface area (Å²) in [6.45, 7) is 0.669. The molecule has 1 aromatic carbocycles. The van der Waals surface area contributed by atoms with Gasteiger partial charge in [0.2, 0.25) is 11.7 Å². The zero-order valence-corrected chi connectivity index (χ0v) is 19.2. The summed E-state index contributed by atoms with van der Waals surface area (Å²) >= 11 is 0. The van der Waals surface area contributed by atoms with Crippen LogP contribution in [0.2, 0.25) is 0 Å². The van der Waals surface area contributed by atoms with Gasteiger partial charge in [0.25, 0.3) is 0 Å². The maximum absolute atomic E-state index is 12.4. The molecule has 4 bridgehead atoms. The van der Waals surface area contributed by atoms with Crippen LogP contribution in [-0.4, -0.2) is 31.5 Å². The number of ether oxygens (including phenoxy) is 1. The molecule has 5 aliphatic carbocycles. The molecule has 0 aliphatic heterocycles. The van der Waals surface area contributed by atoms with E-state index < -0.39 is 11.8 Å². The van der Waals surface area contributed by atoms with Crippen molar-refractivity contribution < 1.29 is 19.3 Å². The molecule has 0 heterocycles. The van der Waals surface area contributed by atoms with Crippen LogP contribution in [0.5, 0.6) is 0 Å². The maximum Gasteiger partial charge on any atom is 0.241 e. The Bertz CT molecular complexity index is 749. The Morgan fingerprint density at radius 1 is 1.03 bits per heavy atom. The van der Waals surface area contributed by atoms with Crippen molar-refractivity contribution in [1.82, 2.24) is 5.32 Å². The normalized spacial score (nSPS) is 39.1. The number of hydrogen-bond acceptors (Lipinski definition) is 5. The molecule has 176 valence electrons. The molecule has 1 aromatic rings. The molecule has 3 N–H and O–H groups in total. The van der Waals surface area contributed by atoms with Crippen molar-refractivity contribution in [3.63, 3.8) is 0 Å². The van der Waals surface area contributed by atoms with E-state index in [0.29, 0.717) is 24.3 Å². The number of benzene rings is 1. The monoisotopic (exact) mass is 442 g/mol. The molecule has 1 amide bonds. The first-order valence-corrected chi connectivity index (χ1v) is 12.5. The average Bonchev–Trinajstić information content (AvgIpc) is 2.83. The van der Waals surface area contributed by atoms with Gasteiger partial charge in [-0.25, -0.2) is 9.78 Å². The lowest BCUT2D eigenvalue weighted by atomic mass is 9.53. The van der Waals surface area contributed by atoms with Crippen LogP contribution in [0.3, 0.4) is 0 Å². The Hall–Kier alpha value is -1.47. The van der Waals surface area contributed by atoms with E-state index in [1.54, 1.807) is 7.11 Å². The van der Waals surface area contributed by atoms with Crippen molar-refractivity contribution in [2.75, 3.05) is 13.7 Å². The molecule has 6 rings (SSSR count).